The number of rotatable bonds is 3. The molecule has 5 nitrogen and oxygen atoms in total. The molecule has 1 heterocycles. The van der Waals surface area contributed by atoms with E-state index < -0.39 is 5.63 Å². The highest BCUT2D eigenvalue weighted by Gasteiger charge is 2.24. The Kier molecular flexibility index (Phi) is 3.88. The van der Waals surface area contributed by atoms with Crippen LogP contribution in [0.2, 0.25) is 0 Å². The summed E-state index contributed by atoms with van der Waals surface area (Å²) in [5.74, 6) is -0.110. The van der Waals surface area contributed by atoms with Gasteiger partial charge >= 0.3 is 5.63 Å². The topological polar surface area (TPSA) is 73.6 Å². The highest BCUT2D eigenvalue weighted by Crippen LogP contribution is 2.31. The molecule has 1 aliphatic rings. The molecule has 0 radical (unpaired) electrons. The van der Waals surface area contributed by atoms with Crippen LogP contribution in [0, 0.1) is 0 Å². The van der Waals surface area contributed by atoms with Crippen molar-refractivity contribution in [1.29, 1.82) is 0 Å². The first-order valence-corrected chi connectivity index (χ1v) is 9.09. The molecule has 0 fully saturated rings. The van der Waals surface area contributed by atoms with Gasteiger partial charge in [0.25, 0.3) is 0 Å². The summed E-state index contributed by atoms with van der Waals surface area (Å²) < 4.78 is 11.3. The van der Waals surface area contributed by atoms with Crippen LogP contribution in [0.4, 0.5) is 0 Å². The fourth-order valence-electron chi connectivity index (χ4n) is 3.62. The molecule has 4 aromatic rings. The predicted molar refractivity (Wildman–Crippen MR) is 109 cm³/mol. The van der Waals surface area contributed by atoms with Gasteiger partial charge in [-0.05, 0) is 35.9 Å². The van der Waals surface area contributed by atoms with Crippen molar-refractivity contribution in [1.82, 2.24) is 0 Å². The van der Waals surface area contributed by atoms with Crippen LogP contribution in [-0.2, 0) is 6.61 Å². The van der Waals surface area contributed by atoms with Gasteiger partial charge in [-0.25, -0.2) is 4.79 Å². The van der Waals surface area contributed by atoms with Crippen LogP contribution in [0.25, 0.3) is 21.7 Å². The zero-order chi connectivity index (χ0) is 20.0. The summed E-state index contributed by atoms with van der Waals surface area (Å²) in [6, 6.07) is 18.2. The molecule has 140 valence electrons. The van der Waals surface area contributed by atoms with Gasteiger partial charge in [-0.2, -0.15) is 0 Å². The average Bonchev–Trinajstić information content (AvgIpc) is 2.75. The lowest BCUT2D eigenvalue weighted by molar-refractivity contribution is 0.0995. The Labute approximate surface area is 164 Å². The van der Waals surface area contributed by atoms with Crippen LogP contribution < -0.4 is 10.4 Å². The number of benzene rings is 3. The number of ketones is 2. The van der Waals surface area contributed by atoms with Crippen molar-refractivity contribution in [2.24, 2.45) is 0 Å². The lowest BCUT2D eigenvalue weighted by Crippen LogP contribution is -2.16. The molecule has 29 heavy (non-hydrogen) atoms. The summed E-state index contributed by atoms with van der Waals surface area (Å²) in [5.41, 5.74) is 1.06. The highest BCUT2D eigenvalue weighted by molar-refractivity contribution is 6.28. The summed E-state index contributed by atoms with van der Waals surface area (Å²) in [6.07, 6.45) is 2.41. The first-order chi connectivity index (χ1) is 14.1. The molecule has 5 rings (SSSR count). The van der Waals surface area contributed by atoms with Gasteiger partial charge in [0.05, 0.1) is 5.39 Å². The Morgan fingerprint density at radius 1 is 0.793 bits per heavy atom. The Morgan fingerprint density at radius 3 is 2.38 bits per heavy atom. The smallest absolute Gasteiger partial charge is 0.344 e. The first-order valence-electron chi connectivity index (χ1n) is 9.09. The third-order valence-electron chi connectivity index (χ3n) is 5.00. The van der Waals surface area contributed by atoms with E-state index >= 15 is 0 Å². The highest BCUT2D eigenvalue weighted by atomic mass is 16.5. The van der Waals surface area contributed by atoms with Crippen molar-refractivity contribution >= 4 is 33.3 Å². The minimum atomic E-state index is -0.652. The second-order valence-corrected chi connectivity index (χ2v) is 6.79. The molecule has 0 N–H and O–H groups in total. The molecule has 0 amide bonds. The quantitative estimate of drug-likeness (QED) is 0.386. The largest absolute Gasteiger partial charge is 0.489 e. The van der Waals surface area contributed by atoms with E-state index in [0.717, 1.165) is 5.56 Å². The molecule has 0 saturated heterocycles. The van der Waals surface area contributed by atoms with E-state index in [9.17, 15) is 14.4 Å². The standard InChI is InChI=1S/C24H14O5/c25-19-10-11-20(26)22-18(19)9-8-17-16-7-6-15(12-21(16)29-24(27)23(17)22)28-13-14-4-2-1-3-5-14/h1-12H,13H2. The van der Waals surface area contributed by atoms with Crippen molar-refractivity contribution < 1.29 is 18.7 Å². The molecule has 0 aliphatic heterocycles. The Morgan fingerprint density at radius 2 is 1.55 bits per heavy atom. The van der Waals surface area contributed by atoms with Crippen LogP contribution in [0.3, 0.4) is 0 Å². The number of carbonyl (C=O) groups excluding carboxylic acids is 2. The zero-order valence-corrected chi connectivity index (χ0v) is 15.2. The molecule has 0 unspecified atom stereocenters. The van der Waals surface area contributed by atoms with Gasteiger partial charge in [0, 0.05) is 28.0 Å². The van der Waals surface area contributed by atoms with E-state index in [4.69, 9.17) is 9.15 Å². The molecule has 0 atom stereocenters. The van der Waals surface area contributed by atoms with Crippen molar-refractivity contribution in [2.45, 2.75) is 6.61 Å². The number of allylic oxidation sites excluding steroid dienone is 2. The van der Waals surface area contributed by atoms with Gasteiger partial charge in [0.2, 0.25) is 0 Å². The average molecular weight is 382 g/mol. The van der Waals surface area contributed by atoms with Crippen molar-refractivity contribution in [2.75, 3.05) is 0 Å². The lowest BCUT2D eigenvalue weighted by atomic mass is 9.90. The van der Waals surface area contributed by atoms with Gasteiger partial charge in [-0.1, -0.05) is 36.4 Å². The second kappa shape index (κ2) is 6.56. The molecular weight excluding hydrogens is 368 g/mol. The molecular formula is C24H14O5. The molecule has 0 spiro atoms. The maximum absolute atomic E-state index is 12.7. The minimum Gasteiger partial charge on any atom is -0.489 e. The van der Waals surface area contributed by atoms with Gasteiger partial charge in [0.15, 0.2) is 11.6 Å². The fourth-order valence-corrected chi connectivity index (χ4v) is 3.62. The predicted octanol–water partition coefficient (Wildman–Crippen LogP) is 4.46. The van der Waals surface area contributed by atoms with E-state index in [2.05, 4.69) is 0 Å². The van der Waals surface area contributed by atoms with Gasteiger partial charge in [0.1, 0.15) is 17.9 Å². The second-order valence-electron chi connectivity index (χ2n) is 6.79. The molecule has 0 saturated carbocycles. The van der Waals surface area contributed by atoms with E-state index in [0.29, 0.717) is 28.7 Å². The maximum Gasteiger partial charge on any atom is 0.344 e. The van der Waals surface area contributed by atoms with Gasteiger partial charge < -0.3 is 9.15 Å². The molecule has 0 bridgehead atoms. The lowest BCUT2D eigenvalue weighted by Gasteiger charge is -2.13. The van der Waals surface area contributed by atoms with Gasteiger partial charge in [-0.15, -0.1) is 0 Å². The summed E-state index contributed by atoms with van der Waals surface area (Å²) >= 11 is 0. The van der Waals surface area contributed by atoms with E-state index in [-0.39, 0.29) is 28.1 Å². The number of hydrogen-bond acceptors (Lipinski definition) is 5. The van der Waals surface area contributed by atoms with Crippen molar-refractivity contribution in [3.63, 3.8) is 0 Å². The van der Waals surface area contributed by atoms with Gasteiger partial charge in [-0.3, -0.25) is 9.59 Å². The normalized spacial score (nSPS) is 13.1. The van der Waals surface area contributed by atoms with Crippen molar-refractivity contribution in [3.8, 4) is 5.75 Å². The fraction of sp³-hybridized carbons (Fsp3) is 0.0417. The molecule has 3 aromatic carbocycles. The monoisotopic (exact) mass is 382 g/mol. The summed E-state index contributed by atoms with van der Waals surface area (Å²) in [6.45, 7) is 0.390. The van der Waals surface area contributed by atoms with Crippen LogP contribution in [-0.4, -0.2) is 11.6 Å². The summed E-state index contributed by atoms with van der Waals surface area (Å²) in [5, 5.41) is 1.38. The molecule has 1 aliphatic carbocycles. The Balaban J connectivity index is 1.63. The van der Waals surface area contributed by atoms with Crippen LogP contribution >= 0.6 is 0 Å². The third-order valence-corrected chi connectivity index (χ3v) is 5.00. The Hall–Kier alpha value is -3.99. The van der Waals surface area contributed by atoms with E-state index in [1.165, 1.54) is 12.2 Å². The minimum absolute atomic E-state index is 0.107. The maximum atomic E-state index is 12.7. The number of ether oxygens (including phenoxy) is 1. The van der Waals surface area contributed by atoms with Crippen molar-refractivity contribution in [3.05, 3.63) is 99.9 Å². The zero-order valence-electron chi connectivity index (χ0n) is 15.2. The number of carbonyl (C=O) groups is 2. The van der Waals surface area contributed by atoms with Crippen LogP contribution in [0.5, 0.6) is 5.75 Å². The SMILES string of the molecule is O=C1C=CC(=O)c2c1ccc1c2c(=O)oc2cc(OCc3ccccc3)ccc21. The van der Waals surface area contributed by atoms with Crippen LogP contribution in [0.1, 0.15) is 26.3 Å². The third kappa shape index (κ3) is 2.84. The van der Waals surface area contributed by atoms with Crippen LogP contribution in [0.15, 0.2) is 82.0 Å². The van der Waals surface area contributed by atoms with E-state index in [1.807, 2.05) is 30.3 Å². The summed E-state index contributed by atoms with van der Waals surface area (Å²) in [4.78, 5) is 37.2. The molecule has 5 heteroatoms. The first kappa shape index (κ1) is 17.1. The molecule has 1 aromatic heterocycles. The Bertz CT molecular complexity index is 1390. The van der Waals surface area contributed by atoms with E-state index in [1.54, 1.807) is 30.3 Å². The summed E-state index contributed by atoms with van der Waals surface area (Å²) in [7, 11) is 0. The number of fused-ring (bicyclic) bond motifs is 5. The number of hydrogen-bond donors (Lipinski definition) is 0.